The van der Waals surface area contributed by atoms with Gasteiger partial charge in [0.15, 0.2) is 5.96 Å². The van der Waals surface area contributed by atoms with Gasteiger partial charge in [-0.3, -0.25) is 4.99 Å². The average Bonchev–Trinajstić information content (AvgIpc) is 3.09. The van der Waals surface area contributed by atoms with E-state index in [1.165, 1.54) is 0 Å². The van der Waals surface area contributed by atoms with Crippen molar-refractivity contribution >= 4 is 40.9 Å². The first-order valence-corrected chi connectivity index (χ1v) is 8.14. The molecule has 5 nitrogen and oxygen atoms in total. The number of rotatable bonds is 4. The number of aliphatic imine (C=N–C) groups is 1. The van der Waals surface area contributed by atoms with Crippen molar-refractivity contribution in [2.24, 2.45) is 4.99 Å². The lowest BCUT2D eigenvalue weighted by Crippen LogP contribution is -2.38. The van der Waals surface area contributed by atoms with Gasteiger partial charge in [-0.2, -0.15) is 5.26 Å². The van der Waals surface area contributed by atoms with Crippen molar-refractivity contribution in [3.63, 3.8) is 0 Å². The van der Waals surface area contributed by atoms with Crippen molar-refractivity contribution in [3.05, 3.63) is 71.5 Å². The number of hydrogen-bond donors (Lipinski definition) is 2. The molecule has 0 aliphatic carbocycles. The second kappa shape index (κ2) is 9.25. The monoisotopic (exact) mass is 460 g/mol. The second-order valence-electron chi connectivity index (χ2n) is 5.79. The summed E-state index contributed by atoms with van der Waals surface area (Å²) in [6.07, 6.45) is 0. The highest BCUT2D eigenvalue weighted by atomic mass is 127. The first-order chi connectivity index (χ1) is 12.2. The zero-order valence-electron chi connectivity index (χ0n) is 14.7. The Morgan fingerprint density at radius 3 is 2.58 bits per heavy atom. The van der Waals surface area contributed by atoms with Crippen LogP contribution in [0.3, 0.4) is 0 Å². The normalized spacial score (nSPS) is 12.1. The first kappa shape index (κ1) is 19.8. The maximum absolute atomic E-state index is 8.84. The Morgan fingerprint density at radius 2 is 1.92 bits per heavy atom. The predicted molar refractivity (Wildman–Crippen MR) is 115 cm³/mol. The van der Waals surface area contributed by atoms with Crippen LogP contribution in [0.2, 0.25) is 0 Å². The Kier molecular flexibility index (Phi) is 7.04. The summed E-state index contributed by atoms with van der Waals surface area (Å²) in [6, 6.07) is 19.6. The molecule has 1 heterocycles. The molecule has 134 valence electrons. The van der Waals surface area contributed by atoms with E-state index >= 15 is 0 Å². The molecule has 0 spiro atoms. The smallest absolute Gasteiger partial charge is 0.191 e. The number of furan rings is 1. The van der Waals surface area contributed by atoms with Gasteiger partial charge < -0.3 is 15.1 Å². The van der Waals surface area contributed by atoms with Crippen molar-refractivity contribution in [3.8, 4) is 6.07 Å². The van der Waals surface area contributed by atoms with Crippen LogP contribution in [0.1, 0.15) is 29.9 Å². The quantitative estimate of drug-likeness (QED) is 0.345. The molecular formula is C20H21IN4O. The molecule has 0 saturated heterocycles. The zero-order chi connectivity index (χ0) is 17.6. The molecule has 6 heteroatoms. The van der Waals surface area contributed by atoms with Crippen LogP contribution >= 0.6 is 24.0 Å². The van der Waals surface area contributed by atoms with Gasteiger partial charge >= 0.3 is 0 Å². The fraction of sp³-hybridized carbons (Fsp3) is 0.200. The van der Waals surface area contributed by atoms with E-state index in [2.05, 4.69) is 21.7 Å². The molecule has 2 N–H and O–H groups in total. The van der Waals surface area contributed by atoms with Gasteiger partial charge in [0.05, 0.1) is 17.7 Å². The lowest BCUT2D eigenvalue weighted by molar-refractivity contribution is 0.488. The van der Waals surface area contributed by atoms with Crippen LogP contribution in [-0.2, 0) is 6.54 Å². The number of nitrogens with zero attached hydrogens (tertiary/aromatic N) is 2. The third-order valence-electron chi connectivity index (χ3n) is 3.99. The van der Waals surface area contributed by atoms with Gasteiger partial charge in [0.2, 0.25) is 0 Å². The lowest BCUT2D eigenvalue weighted by atomic mass is 10.1. The number of fused-ring (bicyclic) bond motifs is 1. The van der Waals surface area contributed by atoms with E-state index in [4.69, 9.17) is 9.68 Å². The Hall–Kier alpha value is -2.53. The number of guanidine groups is 1. The molecule has 0 aliphatic rings. The minimum absolute atomic E-state index is 0. The fourth-order valence-electron chi connectivity index (χ4n) is 2.57. The summed E-state index contributed by atoms with van der Waals surface area (Å²) in [5, 5.41) is 16.5. The van der Waals surface area contributed by atoms with Gasteiger partial charge in [-0.15, -0.1) is 24.0 Å². The minimum atomic E-state index is -0.0143. The summed E-state index contributed by atoms with van der Waals surface area (Å²) in [6.45, 7) is 2.66. The number of halogens is 1. The predicted octanol–water partition coefficient (Wildman–Crippen LogP) is 4.35. The number of benzene rings is 2. The highest BCUT2D eigenvalue weighted by molar-refractivity contribution is 14.0. The summed E-state index contributed by atoms with van der Waals surface area (Å²) in [7, 11) is 1.74. The van der Waals surface area contributed by atoms with Gasteiger partial charge in [0, 0.05) is 19.0 Å². The first-order valence-electron chi connectivity index (χ1n) is 8.14. The second-order valence-corrected chi connectivity index (χ2v) is 5.79. The highest BCUT2D eigenvalue weighted by Gasteiger charge is 2.12. The van der Waals surface area contributed by atoms with Gasteiger partial charge in [-0.05, 0) is 36.8 Å². The summed E-state index contributed by atoms with van der Waals surface area (Å²) in [5.74, 6) is 1.56. The van der Waals surface area contributed by atoms with Crippen LogP contribution < -0.4 is 10.6 Å². The van der Waals surface area contributed by atoms with Gasteiger partial charge in [-0.1, -0.05) is 30.3 Å². The Labute approximate surface area is 170 Å². The van der Waals surface area contributed by atoms with E-state index in [1.807, 2.05) is 61.5 Å². The Morgan fingerprint density at radius 1 is 1.19 bits per heavy atom. The van der Waals surface area contributed by atoms with Crippen LogP contribution in [0.5, 0.6) is 0 Å². The van der Waals surface area contributed by atoms with Crippen molar-refractivity contribution < 1.29 is 4.42 Å². The summed E-state index contributed by atoms with van der Waals surface area (Å²) < 4.78 is 5.89. The van der Waals surface area contributed by atoms with Crippen LogP contribution in [0.15, 0.2) is 64.0 Å². The molecule has 3 rings (SSSR count). The fourth-order valence-corrected chi connectivity index (χ4v) is 2.57. The average molecular weight is 460 g/mol. The van der Waals surface area contributed by atoms with E-state index < -0.39 is 0 Å². The standard InChI is InChI=1S/C20H20N4O.HI/c1-14(19-11-17-5-3-4-6-18(17)25-19)24-20(22-2)23-13-16-9-7-15(12-21)8-10-16;/h3-11,14H,13H2,1-2H3,(H2,22,23,24);1H. The molecule has 1 unspecified atom stereocenters. The van der Waals surface area contributed by atoms with Crippen LogP contribution in [-0.4, -0.2) is 13.0 Å². The number of nitrogens with one attached hydrogen (secondary N) is 2. The van der Waals surface area contributed by atoms with Crippen LogP contribution in [0, 0.1) is 11.3 Å². The molecule has 0 fully saturated rings. The molecule has 0 saturated carbocycles. The van der Waals surface area contributed by atoms with E-state index in [9.17, 15) is 0 Å². The van der Waals surface area contributed by atoms with Crippen molar-refractivity contribution in [2.75, 3.05) is 7.05 Å². The summed E-state index contributed by atoms with van der Waals surface area (Å²) >= 11 is 0. The molecule has 1 aromatic heterocycles. The van der Waals surface area contributed by atoms with E-state index in [0.717, 1.165) is 22.3 Å². The van der Waals surface area contributed by atoms with Crippen LogP contribution in [0.25, 0.3) is 11.0 Å². The SMILES string of the molecule is CN=C(NCc1ccc(C#N)cc1)NC(C)c1cc2ccccc2o1.I. The van der Waals surface area contributed by atoms with E-state index in [0.29, 0.717) is 18.1 Å². The molecule has 0 amide bonds. The summed E-state index contributed by atoms with van der Waals surface area (Å²) in [5.41, 5.74) is 2.62. The number of nitriles is 1. The molecule has 0 aliphatic heterocycles. The maximum Gasteiger partial charge on any atom is 0.191 e. The summed E-state index contributed by atoms with van der Waals surface area (Å²) in [4.78, 5) is 4.26. The molecule has 26 heavy (non-hydrogen) atoms. The third kappa shape index (κ3) is 4.76. The Balaban J connectivity index is 0.00000243. The zero-order valence-corrected chi connectivity index (χ0v) is 17.0. The molecule has 0 radical (unpaired) electrons. The third-order valence-corrected chi connectivity index (χ3v) is 3.99. The number of hydrogen-bond acceptors (Lipinski definition) is 3. The lowest BCUT2D eigenvalue weighted by Gasteiger charge is -2.16. The number of para-hydroxylation sites is 1. The molecule has 0 bridgehead atoms. The molecule has 3 aromatic rings. The maximum atomic E-state index is 8.84. The topological polar surface area (TPSA) is 73.3 Å². The minimum Gasteiger partial charge on any atom is -0.459 e. The van der Waals surface area contributed by atoms with Crippen LogP contribution in [0.4, 0.5) is 0 Å². The van der Waals surface area contributed by atoms with E-state index in [1.54, 1.807) is 7.05 Å². The van der Waals surface area contributed by atoms with Gasteiger partial charge in [0.1, 0.15) is 11.3 Å². The van der Waals surface area contributed by atoms with Crippen molar-refractivity contribution in [1.82, 2.24) is 10.6 Å². The van der Waals surface area contributed by atoms with E-state index in [-0.39, 0.29) is 30.0 Å². The Bertz CT molecular complexity index is 892. The molecular weight excluding hydrogens is 439 g/mol. The largest absolute Gasteiger partial charge is 0.459 e. The highest BCUT2D eigenvalue weighted by Crippen LogP contribution is 2.23. The van der Waals surface area contributed by atoms with Crippen molar-refractivity contribution in [1.29, 1.82) is 5.26 Å². The van der Waals surface area contributed by atoms with Crippen molar-refractivity contribution in [2.45, 2.75) is 19.5 Å². The van der Waals surface area contributed by atoms with Gasteiger partial charge in [0.25, 0.3) is 0 Å². The molecule has 2 aromatic carbocycles. The van der Waals surface area contributed by atoms with Gasteiger partial charge in [-0.25, -0.2) is 0 Å². The molecule has 1 atom stereocenters.